The molecule has 1 saturated heterocycles. The normalized spacial score (nSPS) is 13.7. The van der Waals surface area contributed by atoms with Crippen LogP contribution in [-0.2, 0) is 4.74 Å². The van der Waals surface area contributed by atoms with Gasteiger partial charge in [-0.25, -0.2) is 4.98 Å². The van der Waals surface area contributed by atoms with Gasteiger partial charge in [-0.15, -0.1) is 0 Å². The summed E-state index contributed by atoms with van der Waals surface area (Å²) in [6, 6.07) is 22.5. The summed E-state index contributed by atoms with van der Waals surface area (Å²) in [4.78, 5) is 7.33. The van der Waals surface area contributed by atoms with Gasteiger partial charge in [0.1, 0.15) is 18.2 Å². The number of nitrogens with zero attached hydrogens (tertiary/aromatic N) is 2. The minimum atomic E-state index is 0.421. The molecule has 0 amide bonds. The Labute approximate surface area is 243 Å². The van der Waals surface area contributed by atoms with E-state index in [2.05, 4.69) is 10.2 Å². The van der Waals surface area contributed by atoms with Gasteiger partial charge in [0.2, 0.25) is 0 Å². The third-order valence-electron chi connectivity index (χ3n) is 6.44. The van der Waals surface area contributed by atoms with Crippen LogP contribution in [0.15, 0.2) is 72.8 Å². The maximum atomic E-state index is 8.38. The molecule has 2 heterocycles. The van der Waals surface area contributed by atoms with E-state index in [0.717, 1.165) is 36.4 Å². The quantitative estimate of drug-likeness (QED) is 0.197. The lowest BCUT2D eigenvalue weighted by Gasteiger charge is -2.27. The fourth-order valence-electron chi connectivity index (χ4n) is 4.48. The minimum Gasteiger partial charge on any atom is -0.491 e. The van der Waals surface area contributed by atoms with Crippen LogP contribution in [0.4, 0.5) is 11.5 Å². The Morgan fingerprint density at radius 3 is 2.36 bits per heavy atom. The van der Waals surface area contributed by atoms with Gasteiger partial charge in [0.05, 0.1) is 35.1 Å². The second-order valence-electron chi connectivity index (χ2n) is 9.00. The van der Waals surface area contributed by atoms with Crippen molar-refractivity contribution >= 4 is 52.5 Å². The summed E-state index contributed by atoms with van der Waals surface area (Å²) in [7, 11) is 0. The second-order valence-corrected chi connectivity index (χ2v) is 10.3. The summed E-state index contributed by atoms with van der Waals surface area (Å²) < 4.78 is 12.0. The summed E-state index contributed by atoms with van der Waals surface area (Å²) in [5, 5.41) is 13.4. The molecule has 1 fully saturated rings. The van der Waals surface area contributed by atoms with Crippen molar-refractivity contribution in [3.8, 4) is 28.1 Å². The first kappa shape index (κ1) is 27.4. The van der Waals surface area contributed by atoms with Crippen LogP contribution in [0.2, 0.25) is 15.1 Å². The smallest absolute Gasteiger partial charge is 0.143 e. The van der Waals surface area contributed by atoms with Crippen molar-refractivity contribution in [2.45, 2.75) is 0 Å². The van der Waals surface area contributed by atoms with Gasteiger partial charge < -0.3 is 20.2 Å². The summed E-state index contributed by atoms with van der Waals surface area (Å²) in [6.45, 7) is 4.27. The first-order chi connectivity index (χ1) is 19.0. The molecular formula is C30H27Cl3N4O2. The number of ether oxygens (including phenoxy) is 2. The van der Waals surface area contributed by atoms with Crippen LogP contribution in [-0.4, -0.2) is 55.6 Å². The maximum Gasteiger partial charge on any atom is 0.143 e. The van der Waals surface area contributed by atoms with E-state index in [0.29, 0.717) is 63.3 Å². The van der Waals surface area contributed by atoms with Gasteiger partial charge in [0.15, 0.2) is 0 Å². The van der Waals surface area contributed by atoms with Crippen LogP contribution in [0.5, 0.6) is 5.75 Å². The number of rotatable bonds is 9. The zero-order valence-corrected chi connectivity index (χ0v) is 23.4. The average Bonchev–Trinajstić information content (AvgIpc) is 2.95. The number of aromatic nitrogens is 1. The fraction of sp³-hybridized carbons (Fsp3) is 0.200. The molecule has 6 nitrogen and oxygen atoms in total. The lowest BCUT2D eigenvalue weighted by molar-refractivity contribution is 0.0323. The van der Waals surface area contributed by atoms with Crippen LogP contribution >= 0.6 is 34.8 Å². The van der Waals surface area contributed by atoms with Crippen molar-refractivity contribution in [2.75, 3.05) is 44.8 Å². The standard InChI is InChI=1S/C30H27Cl3N4O2/c31-21-8-6-20(7-9-21)27-28(24-11-10-22(32)18-26(24)33)36-30(35-23-4-2-1-3-5-23)25(19-34)29(27)39-17-14-37-12-15-38-16-13-37/h1-11,18-19,34H,12-17H2,(H,35,36). The Balaban J connectivity index is 1.69. The first-order valence-corrected chi connectivity index (χ1v) is 13.7. The van der Waals surface area contributed by atoms with Gasteiger partial charge in [-0.1, -0.05) is 65.1 Å². The number of para-hydroxylation sites is 1. The molecule has 0 atom stereocenters. The summed E-state index contributed by atoms with van der Waals surface area (Å²) in [5.41, 5.74) is 4.21. The van der Waals surface area contributed by atoms with Crippen LogP contribution in [0.1, 0.15) is 5.56 Å². The molecule has 39 heavy (non-hydrogen) atoms. The molecule has 200 valence electrons. The van der Waals surface area contributed by atoms with Crippen molar-refractivity contribution in [1.29, 1.82) is 5.41 Å². The van der Waals surface area contributed by atoms with E-state index in [1.807, 2.05) is 60.7 Å². The zero-order valence-electron chi connectivity index (χ0n) is 21.1. The predicted octanol–water partition coefficient (Wildman–Crippen LogP) is 7.83. The molecule has 0 unspecified atom stereocenters. The number of nitrogens with one attached hydrogen (secondary N) is 2. The van der Waals surface area contributed by atoms with Crippen molar-refractivity contribution in [3.05, 3.63) is 93.4 Å². The van der Waals surface area contributed by atoms with Crippen LogP contribution in [0.25, 0.3) is 22.4 Å². The SMILES string of the molecule is N=Cc1c(Nc2ccccc2)nc(-c2ccc(Cl)cc2Cl)c(-c2ccc(Cl)cc2)c1OCCN1CCOCC1. The average molecular weight is 582 g/mol. The Kier molecular flexibility index (Phi) is 9.02. The van der Waals surface area contributed by atoms with Gasteiger partial charge in [-0.2, -0.15) is 0 Å². The largest absolute Gasteiger partial charge is 0.491 e. The monoisotopic (exact) mass is 580 g/mol. The molecule has 0 saturated carbocycles. The molecule has 3 aromatic carbocycles. The number of halogens is 3. The van der Waals surface area contributed by atoms with Gasteiger partial charge in [-0.3, -0.25) is 4.90 Å². The molecule has 0 bridgehead atoms. The number of anilines is 2. The van der Waals surface area contributed by atoms with Gasteiger partial charge in [0, 0.05) is 47.1 Å². The van der Waals surface area contributed by atoms with Crippen molar-refractivity contribution < 1.29 is 9.47 Å². The van der Waals surface area contributed by atoms with E-state index < -0.39 is 0 Å². The maximum absolute atomic E-state index is 8.38. The second kappa shape index (κ2) is 12.8. The molecular weight excluding hydrogens is 555 g/mol. The summed E-state index contributed by atoms with van der Waals surface area (Å²) in [6.07, 6.45) is 1.27. The third-order valence-corrected chi connectivity index (χ3v) is 7.24. The predicted molar refractivity (Wildman–Crippen MR) is 161 cm³/mol. The number of hydrogen-bond acceptors (Lipinski definition) is 6. The van der Waals surface area contributed by atoms with Crippen molar-refractivity contribution in [3.63, 3.8) is 0 Å². The molecule has 1 aromatic heterocycles. The number of pyridine rings is 1. The minimum absolute atomic E-state index is 0.421. The molecule has 0 radical (unpaired) electrons. The highest BCUT2D eigenvalue weighted by Gasteiger charge is 2.24. The van der Waals surface area contributed by atoms with Gasteiger partial charge in [0.25, 0.3) is 0 Å². The summed E-state index contributed by atoms with van der Waals surface area (Å²) >= 11 is 19.2. The van der Waals surface area contributed by atoms with Gasteiger partial charge >= 0.3 is 0 Å². The number of morpholine rings is 1. The first-order valence-electron chi connectivity index (χ1n) is 12.6. The third kappa shape index (κ3) is 6.55. The van der Waals surface area contributed by atoms with E-state index in [-0.39, 0.29) is 0 Å². The van der Waals surface area contributed by atoms with Crippen LogP contribution < -0.4 is 10.1 Å². The Morgan fingerprint density at radius 2 is 1.67 bits per heavy atom. The lowest BCUT2D eigenvalue weighted by Crippen LogP contribution is -2.38. The lowest BCUT2D eigenvalue weighted by atomic mass is 9.96. The molecule has 0 spiro atoms. The van der Waals surface area contributed by atoms with Crippen LogP contribution in [0.3, 0.4) is 0 Å². The van der Waals surface area contributed by atoms with E-state index in [1.54, 1.807) is 12.1 Å². The van der Waals surface area contributed by atoms with Crippen LogP contribution in [0, 0.1) is 5.41 Å². The highest BCUT2D eigenvalue weighted by atomic mass is 35.5. The molecule has 0 aliphatic carbocycles. The van der Waals surface area contributed by atoms with Crippen molar-refractivity contribution in [2.24, 2.45) is 0 Å². The number of benzene rings is 3. The van der Waals surface area contributed by atoms with E-state index in [4.69, 9.17) is 54.7 Å². The van der Waals surface area contributed by atoms with E-state index in [9.17, 15) is 0 Å². The van der Waals surface area contributed by atoms with Gasteiger partial charge in [-0.05, 0) is 48.0 Å². The topological polar surface area (TPSA) is 70.5 Å². The highest BCUT2D eigenvalue weighted by molar-refractivity contribution is 6.36. The number of hydrogen-bond donors (Lipinski definition) is 2. The molecule has 2 N–H and O–H groups in total. The molecule has 5 rings (SSSR count). The zero-order chi connectivity index (χ0) is 27.2. The van der Waals surface area contributed by atoms with E-state index >= 15 is 0 Å². The van der Waals surface area contributed by atoms with E-state index in [1.165, 1.54) is 6.21 Å². The molecule has 9 heteroatoms. The molecule has 1 aliphatic heterocycles. The van der Waals surface area contributed by atoms with Crippen molar-refractivity contribution in [1.82, 2.24) is 9.88 Å². The highest BCUT2D eigenvalue weighted by Crippen LogP contribution is 2.45. The molecule has 1 aliphatic rings. The molecule has 4 aromatic rings. The Hall–Kier alpha value is -3.13. The Bertz CT molecular complexity index is 1440. The summed E-state index contributed by atoms with van der Waals surface area (Å²) in [5.74, 6) is 1.02. The Morgan fingerprint density at radius 1 is 0.949 bits per heavy atom. The fourth-order valence-corrected chi connectivity index (χ4v) is 5.10.